The van der Waals surface area contributed by atoms with Gasteiger partial charge in [0.1, 0.15) is 6.10 Å². The third-order valence-corrected chi connectivity index (χ3v) is 1.60. The van der Waals surface area contributed by atoms with Crippen molar-refractivity contribution in [2.24, 2.45) is 0 Å². The first-order valence-corrected chi connectivity index (χ1v) is 3.15. The molecule has 1 saturated heterocycles. The van der Waals surface area contributed by atoms with E-state index in [-0.39, 0.29) is 19.6 Å². The molecule has 10 heavy (non-hydrogen) atoms. The van der Waals surface area contributed by atoms with E-state index in [2.05, 4.69) is 4.74 Å². The van der Waals surface area contributed by atoms with Crippen molar-refractivity contribution in [3.63, 3.8) is 0 Å². The number of ether oxygens (including phenoxy) is 2. The Bertz CT molecular complexity index is 116. The molecule has 1 atom stereocenters. The van der Waals surface area contributed by atoms with Crippen molar-refractivity contribution in [3.05, 3.63) is 0 Å². The predicted octanol–water partition coefficient (Wildman–Crippen LogP) is 1.06. The Morgan fingerprint density at radius 2 is 2.30 bits per heavy atom. The number of hydrogen-bond donors (Lipinski definition) is 0. The van der Waals surface area contributed by atoms with E-state index in [9.17, 15) is 8.78 Å². The van der Waals surface area contributed by atoms with E-state index in [1.807, 2.05) is 0 Å². The molecule has 1 aliphatic heterocycles. The molecule has 0 radical (unpaired) electrons. The van der Waals surface area contributed by atoms with Crippen LogP contribution in [0.25, 0.3) is 0 Å². The van der Waals surface area contributed by atoms with Gasteiger partial charge < -0.3 is 9.47 Å². The Balaban J connectivity index is 2.51. The summed E-state index contributed by atoms with van der Waals surface area (Å²) in [4.78, 5) is 0. The number of halogens is 2. The highest BCUT2D eigenvalue weighted by atomic mass is 19.3. The fourth-order valence-electron chi connectivity index (χ4n) is 0.922. The van der Waals surface area contributed by atoms with Gasteiger partial charge in [0.25, 0.3) is 5.92 Å². The molecule has 1 rings (SSSR count). The van der Waals surface area contributed by atoms with Crippen molar-refractivity contribution in [1.29, 1.82) is 0 Å². The van der Waals surface area contributed by atoms with Gasteiger partial charge >= 0.3 is 0 Å². The van der Waals surface area contributed by atoms with Gasteiger partial charge in [-0.1, -0.05) is 0 Å². The van der Waals surface area contributed by atoms with E-state index in [0.29, 0.717) is 0 Å². The van der Waals surface area contributed by atoms with Crippen LogP contribution in [0.5, 0.6) is 0 Å². The quantitative estimate of drug-likeness (QED) is 0.559. The Hall–Kier alpha value is -0.220. The predicted molar refractivity (Wildman–Crippen MR) is 31.2 cm³/mol. The lowest BCUT2D eigenvalue weighted by molar-refractivity contribution is -0.188. The molecule has 0 bridgehead atoms. The summed E-state index contributed by atoms with van der Waals surface area (Å²) in [5.74, 6) is -2.70. The van der Waals surface area contributed by atoms with Crippen LogP contribution in [0.1, 0.15) is 6.42 Å². The minimum absolute atomic E-state index is 0.00347. The van der Waals surface area contributed by atoms with E-state index in [1.54, 1.807) is 0 Å². The second-order valence-corrected chi connectivity index (χ2v) is 2.31. The van der Waals surface area contributed by atoms with Gasteiger partial charge in [-0.3, -0.25) is 0 Å². The Morgan fingerprint density at radius 3 is 2.70 bits per heavy atom. The topological polar surface area (TPSA) is 18.5 Å². The van der Waals surface area contributed by atoms with Gasteiger partial charge in [0.15, 0.2) is 0 Å². The summed E-state index contributed by atoms with van der Waals surface area (Å²) in [6, 6.07) is 0. The summed E-state index contributed by atoms with van der Waals surface area (Å²) in [5, 5.41) is 0. The monoisotopic (exact) mass is 152 g/mol. The standard InChI is InChI=1S/C6H10F2O2/c1-9-5-4-10-3-2-6(5,7)8/h5H,2-4H2,1H3/t5-/m0/s1. The van der Waals surface area contributed by atoms with Crippen LogP contribution < -0.4 is 0 Å². The maximum atomic E-state index is 12.7. The number of rotatable bonds is 1. The van der Waals surface area contributed by atoms with Crippen molar-refractivity contribution in [1.82, 2.24) is 0 Å². The summed E-state index contributed by atoms with van der Waals surface area (Å²) >= 11 is 0. The fourth-order valence-corrected chi connectivity index (χ4v) is 0.922. The highest BCUT2D eigenvalue weighted by Gasteiger charge is 2.42. The van der Waals surface area contributed by atoms with Crippen molar-refractivity contribution < 1.29 is 18.3 Å². The van der Waals surface area contributed by atoms with Gasteiger partial charge in [0, 0.05) is 13.5 Å². The molecule has 0 aliphatic carbocycles. The van der Waals surface area contributed by atoms with E-state index >= 15 is 0 Å². The van der Waals surface area contributed by atoms with Crippen LogP contribution in [0, 0.1) is 0 Å². The van der Waals surface area contributed by atoms with E-state index in [0.717, 1.165) is 0 Å². The van der Waals surface area contributed by atoms with Crippen molar-refractivity contribution >= 4 is 0 Å². The molecule has 4 heteroatoms. The van der Waals surface area contributed by atoms with Crippen LogP contribution in [-0.4, -0.2) is 32.4 Å². The first kappa shape index (κ1) is 7.88. The molecule has 1 aliphatic rings. The second-order valence-electron chi connectivity index (χ2n) is 2.31. The summed E-state index contributed by atoms with van der Waals surface area (Å²) in [7, 11) is 1.27. The minimum Gasteiger partial charge on any atom is -0.378 e. The zero-order chi connectivity index (χ0) is 7.61. The third kappa shape index (κ3) is 1.44. The van der Waals surface area contributed by atoms with Gasteiger partial charge in [-0.05, 0) is 0 Å². The summed E-state index contributed by atoms with van der Waals surface area (Å²) in [6.45, 7) is 0.135. The van der Waals surface area contributed by atoms with Crippen LogP contribution in [0.2, 0.25) is 0 Å². The lowest BCUT2D eigenvalue weighted by atomic mass is 10.1. The van der Waals surface area contributed by atoms with Gasteiger partial charge in [-0.25, -0.2) is 8.78 Å². The van der Waals surface area contributed by atoms with Gasteiger partial charge in [0.05, 0.1) is 13.2 Å². The minimum atomic E-state index is -2.70. The lowest BCUT2D eigenvalue weighted by Crippen LogP contribution is -2.43. The summed E-state index contributed by atoms with van der Waals surface area (Å²) < 4.78 is 34.7. The van der Waals surface area contributed by atoms with Crippen molar-refractivity contribution in [2.45, 2.75) is 18.4 Å². The van der Waals surface area contributed by atoms with Crippen LogP contribution >= 0.6 is 0 Å². The van der Waals surface area contributed by atoms with Crippen molar-refractivity contribution in [2.75, 3.05) is 20.3 Å². The van der Waals surface area contributed by atoms with Gasteiger partial charge in [0.2, 0.25) is 0 Å². The fraction of sp³-hybridized carbons (Fsp3) is 1.00. The molecule has 1 fully saturated rings. The molecule has 2 nitrogen and oxygen atoms in total. The Labute approximate surface area is 58.1 Å². The molecule has 0 spiro atoms. The summed E-state index contributed by atoms with van der Waals surface area (Å²) in [6.07, 6.45) is -1.29. The maximum Gasteiger partial charge on any atom is 0.278 e. The third-order valence-electron chi connectivity index (χ3n) is 1.60. The molecular formula is C6H10F2O2. The normalized spacial score (nSPS) is 32.1. The highest BCUT2D eigenvalue weighted by Crippen LogP contribution is 2.28. The van der Waals surface area contributed by atoms with E-state index in [4.69, 9.17) is 4.74 Å². The molecule has 0 aromatic carbocycles. The smallest absolute Gasteiger partial charge is 0.278 e. The van der Waals surface area contributed by atoms with Crippen LogP contribution in [0.3, 0.4) is 0 Å². The van der Waals surface area contributed by atoms with E-state index in [1.165, 1.54) is 7.11 Å². The number of methoxy groups -OCH3 is 1. The largest absolute Gasteiger partial charge is 0.378 e. The van der Waals surface area contributed by atoms with Crippen LogP contribution in [0.15, 0.2) is 0 Å². The number of alkyl halides is 2. The zero-order valence-corrected chi connectivity index (χ0v) is 5.77. The molecule has 0 saturated carbocycles. The highest BCUT2D eigenvalue weighted by molar-refractivity contribution is 4.80. The van der Waals surface area contributed by atoms with Crippen molar-refractivity contribution in [3.8, 4) is 0 Å². The van der Waals surface area contributed by atoms with E-state index < -0.39 is 12.0 Å². The maximum absolute atomic E-state index is 12.7. The van der Waals surface area contributed by atoms with Crippen LogP contribution in [0.4, 0.5) is 8.78 Å². The first-order chi connectivity index (χ1) is 4.67. The Kier molecular flexibility index (Phi) is 2.21. The average Bonchev–Trinajstić information content (AvgIpc) is 1.87. The molecule has 1 heterocycles. The Morgan fingerprint density at radius 1 is 1.60 bits per heavy atom. The lowest BCUT2D eigenvalue weighted by Gasteiger charge is -2.29. The molecule has 0 aromatic heterocycles. The molecule has 0 aromatic rings. The molecule has 0 amide bonds. The SMILES string of the molecule is CO[C@H]1COCCC1(F)F. The first-order valence-electron chi connectivity index (χ1n) is 3.15. The average molecular weight is 152 g/mol. The molecule has 0 unspecified atom stereocenters. The second kappa shape index (κ2) is 2.80. The molecule has 60 valence electrons. The van der Waals surface area contributed by atoms with Crippen LogP contribution in [-0.2, 0) is 9.47 Å². The zero-order valence-electron chi connectivity index (χ0n) is 5.77. The van der Waals surface area contributed by atoms with Gasteiger partial charge in [-0.2, -0.15) is 0 Å². The number of hydrogen-bond acceptors (Lipinski definition) is 2. The molecule has 0 N–H and O–H groups in total. The molecular weight excluding hydrogens is 142 g/mol. The summed E-state index contributed by atoms with van der Waals surface area (Å²) in [5.41, 5.74) is 0. The van der Waals surface area contributed by atoms with Gasteiger partial charge in [-0.15, -0.1) is 0 Å².